The molecule has 110 valence electrons. The van der Waals surface area contributed by atoms with E-state index in [4.69, 9.17) is 4.74 Å². The first kappa shape index (κ1) is 15.0. The van der Waals surface area contributed by atoms with Gasteiger partial charge in [-0.05, 0) is 62.0 Å². The molecule has 0 radical (unpaired) electrons. The minimum absolute atomic E-state index is 0.120. The van der Waals surface area contributed by atoms with E-state index in [9.17, 15) is 4.79 Å². The van der Waals surface area contributed by atoms with Gasteiger partial charge in [-0.25, -0.2) is 4.79 Å². The van der Waals surface area contributed by atoms with Crippen LogP contribution in [0.3, 0.4) is 0 Å². The summed E-state index contributed by atoms with van der Waals surface area (Å²) in [6.45, 7) is 4.59. The first-order valence-corrected chi connectivity index (χ1v) is 8.23. The van der Waals surface area contributed by atoms with Crippen molar-refractivity contribution in [1.82, 2.24) is 5.32 Å². The molecule has 0 bridgehead atoms. The third-order valence-corrected chi connectivity index (χ3v) is 4.34. The van der Waals surface area contributed by atoms with Crippen LogP contribution >= 0.6 is 11.8 Å². The van der Waals surface area contributed by atoms with Crippen LogP contribution in [-0.4, -0.2) is 30.2 Å². The largest absolute Gasteiger partial charge is 0.494 e. The van der Waals surface area contributed by atoms with Crippen molar-refractivity contribution in [2.24, 2.45) is 0 Å². The number of aryl methyl sites for hydroxylation is 1. The fourth-order valence-electron chi connectivity index (χ4n) is 2.24. The van der Waals surface area contributed by atoms with Crippen molar-refractivity contribution >= 4 is 23.5 Å². The van der Waals surface area contributed by atoms with Gasteiger partial charge in [-0.2, -0.15) is 11.8 Å². The highest BCUT2D eigenvalue weighted by Gasteiger charge is 2.15. The molecule has 1 aromatic rings. The summed E-state index contributed by atoms with van der Waals surface area (Å²) in [7, 11) is 0. The summed E-state index contributed by atoms with van der Waals surface area (Å²) in [5.41, 5.74) is 1.83. The van der Waals surface area contributed by atoms with Crippen molar-refractivity contribution < 1.29 is 9.53 Å². The predicted octanol–water partition coefficient (Wildman–Crippen LogP) is 3.41. The maximum atomic E-state index is 11.9. The van der Waals surface area contributed by atoms with Crippen LogP contribution in [0.5, 0.6) is 5.75 Å². The van der Waals surface area contributed by atoms with Crippen LogP contribution in [0.1, 0.15) is 25.3 Å². The molecule has 0 aliphatic carbocycles. The molecular formula is C15H22N2O2S. The number of ether oxygens (including phenoxy) is 1. The minimum Gasteiger partial charge on any atom is -0.494 e. The lowest BCUT2D eigenvalue weighted by atomic mass is 10.1. The average Bonchev–Trinajstić information content (AvgIpc) is 2.43. The van der Waals surface area contributed by atoms with Gasteiger partial charge in [0.15, 0.2) is 0 Å². The van der Waals surface area contributed by atoms with Crippen molar-refractivity contribution in [1.29, 1.82) is 0 Å². The van der Waals surface area contributed by atoms with E-state index in [0.717, 1.165) is 41.3 Å². The highest BCUT2D eigenvalue weighted by atomic mass is 32.2. The molecule has 0 unspecified atom stereocenters. The van der Waals surface area contributed by atoms with Gasteiger partial charge in [0, 0.05) is 11.7 Å². The molecule has 0 atom stereocenters. The Labute approximate surface area is 124 Å². The molecule has 1 aliphatic rings. The van der Waals surface area contributed by atoms with E-state index in [1.807, 2.05) is 43.8 Å². The molecule has 0 spiro atoms. The Morgan fingerprint density at radius 3 is 2.80 bits per heavy atom. The summed E-state index contributed by atoms with van der Waals surface area (Å²) in [5, 5.41) is 5.92. The third-order valence-electron chi connectivity index (χ3n) is 3.29. The van der Waals surface area contributed by atoms with Gasteiger partial charge in [-0.15, -0.1) is 0 Å². The van der Waals surface area contributed by atoms with Gasteiger partial charge in [0.1, 0.15) is 5.75 Å². The Kier molecular flexibility index (Phi) is 5.59. The van der Waals surface area contributed by atoms with Crippen molar-refractivity contribution in [2.75, 3.05) is 23.4 Å². The second-order valence-electron chi connectivity index (χ2n) is 4.90. The van der Waals surface area contributed by atoms with Crippen LogP contribution in [0, 0.1) is 6.92 Å². The number of hydrogen-bond donors (Lipinski definition) is 2. The number of hydrogen-bond acceptors (Lipinski definition) is 3. The van der Waals surface area contributed by atoms with E-state index in [2.05, 4.69) is 10.6 Å². The van der Waals surface area contributed by atoms with Crippen molar-refractivity contribution in [3.63, 3.8) is 0 Å². The zero-order chi connectivity index (χ0) is 14.4. The van der Waals surface area contributed by atoms with Crippen molar-refractivity contribution in [3.05, 3.63) is 23.8 Å². The number of urea groups is 1. The van der Waals surface area contributed by atoms with E-state index in [-0.39, 0.29) is 6.03 Å². The topological polar surface area (TPSA) is 50.4 Å². The summed E-state index contributed by atoms with van der Waals surface area (Å²) < 4.78 is 5.49. The van der Waals surface area contributed by atoms with Gasteiger partial charge in [0.2, 0.25) is 0 Å². The predicted molar refractivity (Wildman–Crippen MR) is 84.8 cm³/mol. The fraction of sp³-hybridized carbons (Fsp3) is 0.533. The van der Waals surface area contributed by atoms with Gasteiger partial charge < -0.3 is 15.4 Å². The van der Waals surface area contributed by atoms with E-state index in [0.29, 0.717) is 12.6 Å². The van der Waals surface area contributed by atoms with E-state index < -0.39 is 0 Å². The molecule has 1 saturated heterocycles. The lowest BCUT2D eigenvalue weighted by molar-refractivity contribution is 0.247. The number of thioether (sulfide) groups is 1. The molecule has 5 heteroatoms. The van der Waals surface area contributed by atoms with Crippen molar-refractivity contribution in [2.45, 2.75) is 32.7 Å². The van der Waals surface area contributed by atoms with E-state index in [1.165, 1.54) is 0 Å². The minimum atomic E-state index is -0.120. The van der Waals surface area contributed by atoms with Gasteiger partial charge in [0.25, 0.3) is 0 Å². The molecule has 0 saturated carbocycles. The lowest BCUT2D eigenvalue weighted by Crippen LogP contribution is -2.39. The molecule has 1 heterocycles. The van der Waals surface area contributed by atoms with Gasteiger partial charge >= 0.3 is 6.03 Å². The number of carbonyl (C=O) groups is 1. The van der Waals surface area contributed by atoms with Crippen molar-refractivity contribution in [3.8, 4) is 5.75 Å². The lowest BCUT2D eigenvalue weighted by Gasteiger charge is -2.22. The molecule has 1 fully saturated rings. The zero-order valence-electron chi connectivity index (χ0n) is 12.1. The summed E-state index contributed by atoms with van der Waals surface area (Å²) in [4.78, 5) is 11.9. The van der Waals surface area contributed by atoms with Crippen LogP contribution in [0.15, 0.2) is 18.2 Å². The molecule has 0 aromatic heterocycles. The monoisotopic (exact) mass is 294 g/mol. The highest BCUT2D eigenvalue weighted by molar-refractivity contribution is 7.99. The maximum absolute atomic E-state index is 11.9. The van der Waals surface area contributed by atoms with Crippen LogP contribution in [0.4, 0.5) is 10.5 Å². The smallest absolute Gasteiger partial charge is 0.319 e. The molecule has 2 N–H and O–H groups in total. The number of nitrogens with one attached hydrogen (secondary N) is 2. The van der Waals surface area contributed by atoms with Crippen LogP contribution < -0.4 is 15.4 Å². The van der Waals surface area contributed by atoms with E-state index >= 15 is 0 Å². The number of carbonyl (C=O) groups excluding carboxylic acids is 1. The normalized spacial score (nSPS) is 15.7. The Morgan fingerprint density at radius 2 is 2.15 bits per heavy atom. The molecule has 1 aliphatic heterocycles. The molecule has 2 amide bonds. The van der Waals surface area contributed by atoms with Crippen LogP contribution in [0.25, 0.3) is 0 Å². The number of rotatable bonds is 4. The Bertz CT molecular complexity index is 459. The third kappa shape index (κ3) is 4.34. The Hall–Kier alpha value is -1.36. The van der Waals surface area contributed by atoms with E-state index in [1.54, 1.807) is 0 Å². The first-order chi connectivity index (χ1) is 9.69. The Morgan fingerprint density at radius 1 is 1.40 bits per heavy atom. The fourth-order valence-corrected chi connectivity index (χ4v) is 3.35. The molecule has 1 aromatic carbocycles. The molecule has 2 rings (SSSR count). The number of anilines is 1. The first-order valence-electron chi connectivity index (χ1n) is 7.07. The van der Waals surface area contributed by atoms with Gasteiger partial charge in [-0.3, -0.25) is 0 Å². The molecular weight excluding hydrogens is 272 g/mol. The second-order valence-corrected chi connectivity index (χ2v) is 6.12. The van der Waals surface area contributed by atoms with Crippen LogP contribution in [-0.2, 0) is 0 Å². The van der Waals surface area contributed by atoms with Gasteiger partial charge in [-0.1, -0.05) is 0 Å². The maximum Gasteiger partial charge on any atom is 0.319 e. The summed E-state index contributed by atoms with van der Waals surface area (Å²) in [6, 6.07) is 5.88. The quantitative estimate of drug-likeness (QED) is 0.894. The second kappa shape index (κ2) is 7.43. The summed E-state index contributed by atoms with van der Waals surface area (Å²) >= 11 is 1.95. The number of amides is 2. The molecule has 4 nitrogen and oxygen atoms in total. The molecule has 20 heavy (non-hydrogen) atoms. The SMILES string of the molecule is CCOc1ccc(NC(=O)NC2CCSCC2)cc1C. The summed E-state index contributed by atoms with van der Waals surface area (Å²) in [6.07, 6.45) is 2.11. The Balaban J connectivity index is 1.88. The number of benzene rings is 1. The standard InChI is InChI=1S/C15H22N2O2S/c1-3-19-14-5-4-13(10-11(14)2)17-15(18)16-12-6-8-20-9-7-12/h4-5,10,12H,3,6-9H2,1-2H3,(H2,16,17,18). The highest BCUT2D eigenvalue weighted by Crippen LogP contribution is 2.22. The van der Waals surface area contributed by atoms with Gasteiger partial charge in [0.05, 0.1) is 6.61 Å². The summed E-state index contributed by atoms with van der Waals surface area (Å²) in [5.74, 6) is 3.13. The van der Waals surface area contributed by atoms with Crippen LogP contribution in [0.2, 0.25) is 0 Å². The zero-order valence-corrected chi connectivity index (χ0v) is 12.9. The average molecular weight is 294 g/mol.